The number of pyridine rings is 1. The van der Waals surface area contributed by atoms with Crippen molar-refractivity contribution in [1.82, 2.24) is 19.6 Å². The van der Waals surface area contributed by atoms with E-state index in [9.17, 15) is 4.79 Å². The number of aromatic nitrogens is 4. The molecule has 0 radical (unpaired) electrons. The number of fused-ring (bicyclic) bond motifs is 1. The van der Waals surface area contributed by atoms with Crippen molar-refractivity contribution in [1.29, 1.82) is 0 Å². The molecule has 0 aliphatic heterocycles. The van der Waals surface area contributed by atoms with Crippen LogP contribution < -0.4 is 11.1 Å². The van der Waals surface area contributed by atoms with Gasteiger partial charge in [0.2, 0.25) is 0 Å². The van der Waals surface area contributed by atoms with Gasteiger partial charge in [-0.05, 0) is 32.0 Å². The van der Waals surface area contributed by atoms with E-state index in [2.05, 4.69) is 20.4 Å². The number of nitrogens with two attached hydrogens (primary N) is 1. The molecule has 3 aromatic rings. The number of anilines is 2. The topological polar surface area (TPSA) is 98.2 Å². The summed E-state index contributed by atoms with van der Waals surface area (Å²) in [4.78, 5) is 20.6. The first-order valence-corrected chi connectivity index (χ1v) is 6.39. The molecule has 7 heteroatoms. The zero-order valence-corrected chi connectivity index (χ0v) is 11.7. The number of amides is 1. The van der Waals surface area contributed by atoms with Crippen molar-refractivity contribution in [3.8, 4) is 0 Å². The van der Waals surface area contributed by atoms with Gasteiger partial charge in [0.25, 0.3) is 5.91 Å². The van der Waals surface area contributed by atoms with Gasteiger partial charge < -0.3 is 11.1 Å². The highest BCUT2D eigenvalue weighted by Gasteiger charge is 2.15. The molecule has 3 aromatic heterocycles. The van der Waals surface area contributed by atoms with E-state index in [0.29, 0.717) is 22.7 Å². The van der Waals surface area contributed by atoms with Crippen LogP contribution in [0.5, 0.6) is 0 Å². The summed E-state index contributed by atoms with van der Waals surface area (Å²) in [5.74, 6) is 0.117. The summed E-state index contributed by atoms with van der Waals surface area (Å²) < 4.78 is 1.64. The molecule has 0 aliphatic rings. The molecule has 7 nitrogen and oxygen atoms in total. The normalized spacial score (nSPS) is 10.8. The maximum Gasteiger partial charge on any atom is 0.261 e. The summed E-state index contributed by atoms with van der Waals surface area (Å²) in [5, 5.41) is 6.95. The Labute approximate surface area is 120 Å². The van der Waals surface area contributed by atoms with E-state index in [-0.39, 0.29) is 5.91 Å². The van der Waals surface area contributed by atoms with Gasteiger partial charge in [0, 0.05) is 11.4 Å². The van der Waals surface area contributed by atoms with Crippen LogP contribution in [0.1, 0.15) is 21.7 Å². The van der Waals surface area contributed by atoms with Crippen LogP contribution in [0.4, 0.5) is 11.5 Å². The third kappa shape index (κ3) is 2.40. The molecule has 106 valence electrons. The number of hydrogen-bond donors (Lipinski definition) is 2. The number of aryl methyl sites for hydroxylation is 2. The minimum Gasteiger partial charge on any atom is -0.384 e. The Balaban J connectivity index is 1.96. The molecular formula is C14H14N6O. The predicted molar refractivity (Wildman–Crippen MR) is 79.1 cm³/mol. The standard InChI is InChI=1S/C14H14N6O/c1-8-5-9(2)20-13(18-8)11(7-17-20)14(21)19-10-3-4-12(15)16-6-10/h3-7H,1-2H3,(H2,15,16)(H,19,21). The van der Waals surface area contributed by atoms with E-state index in [1.165, 1.54) is 12.4 Å². The van der Waals surface area contributed by atoms with Gasteiger partial charge in [-0.1, -0.05) is 0 Å². The number of hydrogen-bond acceptors (Lipinski definition) is 5. The van der Waals surface area contributed by atoms with Gasteiger partial charge in [-0.2, -0.15) is 5.10 Å². The minimum absolute atomic E-state index is 0.283. The zero-order valence-electron chi connectivity index (χ0n) is 11.7. The molecule has 0 fully saturated rings. The van der Waals surface area contributed by atoms with Crippen LogP contribution in [-0.4, -0.2) is 25.5 Å². The van der Waals surface area contributed by atoms with E-state index in [1.807, 2.05) is 19.9 Å². The highest BCUT2D eigenvalue weighted by molar-refractivity contribution is 6.08. The lowest BCUT2D eigenvalue weighted by atomic mass is 10.3. The van der Waals surface area contributed by atoms with Crippen molar-refractivity contribution in [3.05, 3.63) is 47.5 Å². The van der Waals surface area contributed by atoms with Gasteiger partial charge in [0.15, 0.2) is 5.65 Å². The summed E-state index contributed by atoms with van der Waals surface area (Å²) >= 11 is 0. The van der Waals surface area contributed by atoms with E-state index in [4.69, 9.17) is 5.73 Å². The van der Waals surface area contributed by atoms with Crippen molar-refractivity contribution in [2.45, 2.75) is 13.8 Å². The van der Waals surface area contributed by atoms with Gasteiger partial charge in [0.1, 0.15) is 11.4 Å². The number of nitrogens with one attached hydrogen (secondary N) is 1. The van der Waals surface area contributed by atoms with Crippen LogP contribution in [-0.2, 0) is 0 Å². The molecule has 0 aromatic carbocycles. The lowest BCUT2D eigenvalue weighted by Crippen LogP contribution is -2.12. The Bertz CT molecular complexity index is 821. The summed E-state index contributed by atoms with van der Waals surface area (Å²) in [5.41, 5.74) is 8.79. The highest BCUT2D eigenvalue weighted by Crippen LogP contribution is 2.14. The van der Waals surface area contributed by atoms with E-state index < -0.39 is 0 Å². The van der Waals surface area contributed by atoms with Crippen LogP contribution in [0.2, 0.25) is 0 Å². The first-order chi connectivity index (χ1) is 10.0. The van der Waals surface area contributed by atoms with Crippen LogP contribution in [0.15, 0.2) is 30.6 Å². The Morgan fingerprint density at radius 1 is 1.29 bits per heavy atom. The van der Waals surface area contributed by atoms with E-state index >= 15 is 0 Å². The number of carbonyl (C=O) groups excluding carboxylic acids is 1. The quantitative estimate of drug-likeness (QED) is 0.743. The molecule has 0 bridgehead atoms. The Hall–Kier alpha value is -2.96. The molecule has 0 spiro atoms. The molecule has 21 heavy (non-hydrogen) atoms. The lowest BCUT2D eigenvalue weighted by Gasteiger charge is -2.05. The van der Waals surface area contributed by atoms with Crippen LogP contribution in [0.3, 0.4) is 0 Å². The molecule has 3 rings (SSSR count). The van der Waals surface area contributed by atoms with Crippen molar-refractivity contribution in [2.24, 2.45) is 0 Å². The zero-order chi connectivity index (χ0) is 15.0. The van der Waals surface area contributed by atoms with Crippen molar-refractivity contribution >= 4 is 23.1 Å². The minimum atomic E-state index is -0.283. The molecule has 1 amide bonds. The summed E-state index contributed by atoms with van der Waals surface area (Å²) in [6.07, 6.45) is 3.01. The van der Waals surface area contributed by atoms with Gasteiger partial charge >= 0.3 is 0 Å². The fraction of sp³-hybridized carbons (Fsp3) is 0.143. The number of rotatable bonds is 2. The summed E-state index contributed by atoms with van der Waals surface area (Å²) in [6, 6.07) is 5.22. The fourth-order valence-electron chi connectivity index (χ4n) is 2.11. The number of nitrogen functional groups attached to an aromatic ring is 1. The summed E-state index contributed by atoms with van der Waals surface area (Å²) in [6.45, 7) is 3.80. The van der Waals surface area contributed by atoms with Crippen LogP contribution in [0, 0.1) is 13.8 Å². The Kier molecular flexibility index (Phi) is 3.02. The van der Waals surface area contributed by atoms with Gasteiger partial charge in [-0.3, -0.25) is 4.79 Å². The van der Waals surface area contributed by atoms with Crippen LogP contribution >= 0.6 is 0 Å². The molecule has 3 N–H and O–H groups in total. The second-order valence-electron chi connectivity index (χ2n) is 4.76. The van der Waals surface area contributed by atoms with E-state index in [1.54, 1.807) is 16.6 Å². The van der Waals surface area contributed by atoms with Gasteiger partial charge in [-0.25, -0.2) is 14.5 Å². The van der Waals surface area contributed by atoms with Crippen molar-refractivity contribution in [3.63, 3.8) is 0 Å². The van der Waals surface area contributed by atoms with Gasteiger partial charge in [0.05, 0.1) is 18.1 Å². The maximum atomic E-state index is 12.3. The first-order valence-electron chi connectivity index (χ1n) is 6.39. The molecule has 3 heterocycles. The largest absolute Gasteiger partial charge is 0.384 e. The predicted octanol–water partition coefficient (Wildman–Crippen LogP) is 1.58. The third-order valence-electron chi connectivity index (χ3n) is 3.07. The molecular weight excluding hydrogens is 268 g/mol. The second kappa shape index (κ2) is 4.86. The second-order valence-corrected chi connectivity index (χ2v) is 4.76. The first kappa shape index (κ1) is 13.0. The monoisotopic (exact) mass is 282 g/mol. The SMILES string of the molecule is Cc1cc(C)n2ncc(C(=O)Nc3ccc(N)nc3)c2n1. The third-order valence-corrected chi connectivity index (χ3v) is 3.07. The van der Waals surface area contributed by atoms with Gasteiger partial charge in [-0.15, -0.1) is 0 Å². The Morgan fingerprint density at radius 3 is 2.81 bits per heavy atom. The molecule has 0 unspecified atom stereocenters. The van der Waals surface area contributed by atoms with Crippen LogP contribution in [0.25, 0.3) is 5.65 Å². The Morgan fingerprint density at radius 2 is 2.10 bits per heavy atom. The lowest BCUT2D eigenvalue weighted by molar-refractivity contribution is 0.102. The highest BCUT2D eigenvalue weighted by atomic mass is 16.1. The molecule has 0 aliphatic carbocycles. The molecule has 0 saturated heterocycles. The van der Waals surface area contributed by atoms with E-state index in [0.717, 1.165) is 11.4 Å². The van der Waals surface area contributed by atoms with Crippen molar-refractivity contribution < 1.29 is 4.79 Å². The smallest absolute Gasteiger partial charge is 0.261 e. The average molecular weight is 282 g/mol. The van der Waals surface area contributed by atoms with Crippen molar-refractivity contribution in [2.75, 3.05) is 11.1 Å². The number of carbonyl (C=O) groups is 1. The fourth-order valence-corrected chi connectivity index (χ4v) is 2.11. The molecule has 0 saturated carbocycles. The average Bonchev–Trinajstić information content (AvgIpc) is 2.85. The number of nitrogens with zero attached hydrogens (tertiary/aromatic N) is 4. The summed E-state index contributed by atoms with van der Waals surface area (Å²) in [7, 11) is 0. The molecule has 0 atom stereocenters. The maximum absolute atomic E-state index is 12.3.